The summed E-state index contributed by atoms with van der Waals surface area (Å²) < 4.78 is 13.5. The van der Waals surface area contributed by atoms with Crippen LogP contribution in [0.1, 0.15) is 31.4 Å². The molecule has 0 spiro atoms. The van der Waals surface area contributed by atoms with Crippen LogP contribution in [0.5, 0.6) is 0 Å². The standard InChI is InChI=1S/C12H17FN2/c1-3-5-6-12(15-4-2)10-7-8-14-9-11(10)13/h3,7-9,12,15H,1,4-6H2,2H3. The molecule has 1 aromatic heterocycles. The van der Waals surface area contributed by atoms with Crippen LogP contribution in [0.4, 0.5) is 4.39 Å². The fourth-order valence-corrected chi connectivity index (χ4v) is 1.57. The van der Waals surface area contributed by atoms with Gasteiger partial charge in [0.15, 0.2) is 0 Å². The van der Waals surface area contributed by atoms with Crippen molar-refractivity contribution in [3.8, 4) is 0 Å². The highest BCUT2D eigenvalue weighted by molar-refractivity contribution is 5.17. The molecule has 0 aliphatic rings. The molecule has 1 atom stereocenters. The summed E-state index contributed by atoms with van der Waals surface area (Å²) in [4.78, 5) is 3.74. The molecule has 0 aromatic carbocycles. The molecule has 82 valence electrons. The van der Waals surface area contributed by atoms with E-state index in [1.165, 1.54) is 6.20 Å². The van der Waals surface area contributed by atoms with Crippen molar-refractivity contribution in [2.75, 3.05) is 6.54 Å². The van der Waals surface area contributed by atoms with Crippen LogP contribution < -0.4 is 5.32 Å². The SMILES string of the molecule is C=CCCC(NCC)c1ccncc1F. The first-order valence-electron chi connectivity index (χ1n) is 5.23. The van der Waals surface area contributed by atoms with Gasteiger partial charge in [0.1, 0.15) is 5.82 Å². The molecule has 0 saturated carbocycles. The van der Waals surface area contributed by atoms with Gasteiger partial charge in [-0.25, -0.2) is 4.39 Å². The average Bonchev–Trinajstić information content (AvgIpc) is 2.25. The van der Waals surface area contributed by atoms with Crippen molar-refractivity contribution in [1.29, 1.82) is 0 Å². The normalized spacial score (nSPS) is 12.4. The Morgan fingerprint density at radius 1 is 1.67 bits per heavy atom. The van der Waals surface area contributed by atoms with E-state index in [2.05, 4.69) is 16.9 Å². The molecular formula is C12H17FN2. The molecule has 0 fully saturated rings. The summed E-state index contributed by atoms with van der Waals surface area (Å²) in [5.74, 6) is -0.243. The van der Waals surface area contributed by atoms with E-state index in [-0.39, 0.29) is 11.9 Å². The molecule has 0 saturated heterocycles. The van der Waals surface area contributed by atoms with Gasteiger partial charge in [0.05, 0.1) is 6.20 Å². The molecule has 1 unspecified atom stereocenters. The van der Waals surface area contributed by atoms with Crippen LogP contribution in [0.2, 0.25) is 0 Å². The highest BCUT2D eigenvalue weighted by Gasteiger charge is 2.13. The number of allylic oxidation sites excluding steroid dienone is 1. The predicted molar refractivity (Wildman–Crippen MR) is 60.0 cm³/mol. The van der Waals surface area contributed by atoms with E-state index in [0.717, 1.165) is 19.4 Å². The predicted octanol–water partition coefficient (Wildman–Crippen LogP) is 2.84. The Bertz CT molecular complexity index is 312. The van der Waals surface area contributed by atoms with Gasteiger partial charge in [0, 0.05) is 17.8 Å². The van der Waals surface area contributed by atoms with Crippen LogP contribution in [0, 0.1) is 5.82 Å². The van der Waals surface area contributed by atoms with E-state index in [4.69, 9.17) is 0 Å². The first-order chi connectivity index (χ1) is 7.29. The van der Waals surface area contributed by atoms with E-state index in [0.29, 0.717) is 5.56 Å². The van der Waals surface area contributed by atoms with Crippen molar-refractivity contribution < 1.29 is 4.39 Å². The van der Waals surface area contributed by atoms with Crippen LogP contribution in [-0.4, -0.2) is 11.5 Å². The van der Waals surface area contributed by atoms with Gasteiger partial charge in [-0.2, -0.15) is 0 Å². The maximum Gasteiger partial charge on any atom is 0.146 e. The van der Waals surface area contributed by atoms with Gasteiger partial charge in [-0.05, 0) is 25.5 Å². The van der Waals surface area contributed by atoms with Gasteiger partial charge in [-0.3, -0.25) is 4.98 Å². The number of aromatic nitrogens is 1. The minimum absolute atomic E-state index is 0.0519. The van der Waals surface area contributed by atoms with Crippen LogP contribution in [-0.2, 0) is 0 Å². The second-order valence-electron chi connectivity index (χ2n) is 3.37. The average molecular weight is 208 g/mol. The lowest BCUT2D eigenvalue weighted by Crippen LogP contribution is -2.21. The van der Waals surface area contributed by atoms with E-state index in [1.807, 2.05) is 13.0 Å². The molecule has 1 aromatic rings. The lowest BCUT2D eigenvalue weighted by atomic mass is 10.0. The second-order valence-corrected chi connectivity index (χ2v) is 3.37. The summed E-state index contributed by atoms with van der Waals surface area (Å²) >= 11 is 0. The monoisotopic (exact) mass is 208 g/mol. The van der Waals surface area contributed by atoms with E-state index < -0.39 is 0 Å². The molecule has 3 heteroatoms. The quantitative estimate of drug-likeness (QED) is 0.727. The first-order valence-corrected chi connectivity index (χ1v) is 5.23. The van der Waals surface area contributed by atoms with Gasteiger partial charge in [0.2, 0.25) is 0 Å². The number of halogens is 1. The Morgan fingerprint density at radius 3 is 3.07 bits per heavy atom. The topological polar surface area (TPSA) is 24.9 Å². The minimum atomic E-state index is -0.243. The summed E-state index contributed by atoms with van der Waals surface area (Å²) in [5, 5.41) is 3.26. The van der Waals surface area contributed by atoms with E-state index in [9.17, 15) is 4.39 Å². The maximum atomic E-state index is 13.5. The zero-order valence-corrected chi connectivity index (χ0v) is 9.04. The highest BCUT2D eigenvalue weighted by Crippen LogP contribution is 2.20. The van der Waals surface area contributed by atoms with Crippen molar-refractivity contribution in [2.45, 2.75) is 25.8 Å². The summed E-state index contributed by atoms with van der Waals surface area (Å²) in [5.41, 5.74) is 0.689. The van der Waals surface area contributed by atoms with Crippen LogP contribution in [0.3, 0.4) is 0 Å². The van der Waals surface area contributed by atoms with Gasteiger partial charge < -0.3 is 5.32 Å². The number of hydrogen-bond donors (Lipinski definition) is 1. The lowest BCUT2D eigenvalue weighted by Gasteiger charge is -2.17. The number of nitrogens with zero attached hydrogens (tertiary/aromatic N) is 1. The minimum Gasteiger partial charge on any atom is -0.310 e. The van der Waals surface area contributed by atoms with E-state index in [1.54, 1.807) is 12.3 Å². The second kappa shape index (κ2) is 6.30. The Morgan fingerprint density at radius 2 is 2.47 bits per heavy atom. The molecule has 0 radical (unpaired) electrons. The Balaban J connectivity index is 2.78. The molecule has 2 nitrogen and oxygen atoms in total. The molecule has 1 rings (SSSR count). The third-order valence-corrected chi connectivity index (χ3v) is 2.29. The van der Waals surface area contributed by atoms with Gasteiger partial charge >= 0.3 is 0 Å². The zero-order valence-electron chi connectivity index (χ0n) is 9.04. The van der Waals surface area contributed by atoms with Gasteiger partial charge in [-0.15, -0.1) is 6.58 Å². The first kappa shape index (κ1) is 11.9. The molecular weight excluding hydrogens is 191 g/mol. The summed E-state index contributed by atoms with van der Waals surface area (Å²) in [6, 6.07) is 1.78. The Hall–Kier alpha value is -1.22. The Kier molecular flexibility index (Phi) is 4.98. The molecule has 1 N–H and O–H groups in total. The fourth-order valence-electron chi connectivity index (χ4n) is 1.57. The largest absolute Gasteiger partial charge is 0.310 e. The number of pyridine rings is 1. The van der Waals surface area contributed by atoms with Crippen LogP contribution in [0.15, 0.2) is 31.1 Å². The molecule has 0 aliphatic carbocycles. The summed E-state index contributed by atoms with van der Waals surface area (Å²) in [6.45, 7) is 6.51. The third-order valence-electron chi connectivity index (χ3n) is 2.29. The van der Waals surface area contributed by atoms with Crippen molar-refractivity contribution in [3.63, 3.8) is 0 Å². The van der Waals surface area contributed by atoms with Crippen LogP contribution >= 0.6 is 0 Å². The number of nitrogens with one attached hydrogen (secondary N) is 1. The fraction of sp³-hybridized carbons (Fsp3) is 0.417. The molecule has 0 amide bonds. The third kappa shape index (κ3) is 3.44. The van der Waals surface area contributed by atoms with Crippen LogP contribution in [0.25, 0.3) is 0 Å². The number of hydrogen-bond acceptors (Lipinski definition) is 2. The molecule has 0 bridgehead atoms. The summed E-state index contributed by atoms with van der Waals surface area (Å²) in [6.07, 6.45) is 6.46. The van der Waals surface area contributed by atoms with Crippen molar-refractivity contribution in [1.82, 2.24) is 10.3 Å². The van der Waals surface area contributed by atoms with Crippen molar-refractivity contribution >= 4 is 0 Å². The maximum absolute atomic E-state index is 13.5. The molecule has 0 aliphatic heterocycles. The summed E-state index contributed by atoms with van der Waals surface area (Å²) in [7, 11) is 0. The smallest absolute Gasteiger partial charge is 0.146 e. The van der Waals surface area contributed by atoms with Gasteiger partial charge in [0.25, 0.3) is 0 Å². The molecule has 1 heterocycles. The van der Waals surface area contributed by atoms with Crippen molar-refractivity contribution in [2.24, 2.45) is 0 Å². The zero-order chi connectivity index (χ0) is 11.1. The Labute approximate surface area is 90.2 Å². The number of rotatable bonds is 6. The highest BCUT2D eigenvalue weighted by atomic mass is 19.1. The molecule has 15 heavy (non-hydrogen) atoms. The lowest BCUT2D eigenvalue weighted by molar-refractivity contribution is 0.486. The van der Waals surface area contributed by atoms with Gasteiger partial charge in [-0.1, -0.05) is 13.0 Å². The van der Waals surface area contributed by atoms with Crippen molar-refractivity contribution in [3.05, 3.63) is 42.5 Å². The van der Waals surface area contributed by atoms with E-state index >= 15 is 0 Å².